The average Bonchev–Trinajstić information content (AvgIpc) is 2.46. The Hall–Kier alpha value is -1.95. The topological polar surface area (TPSA) is 72.1 Å². The van der Waals surface area contributed by atoms with Crippen LogP contribution >= 0.6 is 15.9 Å². The van der Waals surface area contributed by atoms with Crippen LogP contribution < -0.4 is 10.6 Å². The molecule has 1 aliphatic heterocycles. The minimum Gasteiger partial charge on any atom is -0.351 e. The lowest BCUT2D eigenvalue weighted by Gasteiger charge is -2.26. The van der Waals surface area contributed by atoms with Crippen molar-refractivity contribution in [2.24, 2.45) is 5.73 Å². The first-order valence-electron chi connectivity index (χ1n) is 6.32. The van der Waals surface area contributed by atoms with E-state index >= 15 is 0 Å². The van der Waals surface area contributed by atoms with E-state index in [0.717, 1.165) is 34.0 Å². The van der Waals surface area contributed by atoms with Crippen LogP contribution in [0.5, 0.6) is 0 Å². The molecular formula is C14H13BrN4O. The maximum absolute atomic E-state index is 11.4. The molecule has 0 fully saturated rings. The number of amides is 2. The fourth-order valence-corrected chi connectivity index (χ4v) is 2.77. The minimum absolute atomic E-state index is 0.449. The number of primary amides is 1. The number of fused-ring (bicyclic) bond motifs is 1. The lowest BCUT2D eigenvalue weighted by molar-refractivity contribution is 0.253. The van der Waals surface area contributed by atoms with Crippen LogP contribution in [0.4, 0.5) is 10.6 Å². The van der Waals surface area contributed by atoms with Gasteiger partial charge in [-0.2, -0.15) is 0 Å². The van der Waals surface area contributed by atoms with Crippen LogP contribution in [0, 0.1) is 0 Å². The smallest absolute Gasteiger partial charge is 0.320 e. The molecular weight excluding hydrogens is 320 g/mol. The molecule has 0 saturated carbocycles. The number of aryl methyl sites for hydroxylation is 1. The number of hydrogen-bond donors (Lipinski definition) is 1. The van der Waals surface area contributed by atoms with Gasteiger partial charge in [-0.15, -0.1) is 0 Å². The van der Waals surface area contributed by atoms with Crippen LogP contribution in [0.15, 0.2) is 35.2 Å². The van der Waals surface area contributed by atoms with Crippen molar-refractivity contribution in [1.82, 2.24) is 9.97 Å². The minimum atomic E-state index is -0.449. The third-order valence-corrected chi connectivity index (χ3v) is 3.76. The number of halogens is 1. The van der Waals surface area contributed by atoms with E-state index in [4.69, 9.17) is 5.73 Å². The predicted molar refractivity (Wildman–Crippen MR) is 80.4 cm³/mol. The second kappa shape index (κ2) is 5.20. The van der Waals surface area contributed by atoms with Gasteiger partial charge in [-0.05, 0) is 46.5 Å². The second-order valence-electron chi connectivity index (χ2n) is 4.69. The molecule has 0 aromatic carbocycles. The van der Waals surface area contributed by atoms with Gasteiger partial charge in [0, 0.05) is 40.7 Å². The van der Waals surface area contributed by atoms with Crippen molar-refractivity contribution < 1.29 is 4.79 Å². The number of aromatic nitrogens is 2. The van der Waals surface area contributed by atoms with E-state index < -0.39 is 6.03 Å². The Kier molecular flexibility index (Phi) is 3.40. The molecule has 0 aliphatic carbocycles. The Morgan fingerprint density at radius 2 is 2.05 bits per heavy atom. The van der Waals surface area contributed by atoms with Gasteiger partial charge in [-0.25, -0.2) is 9.78 Å². The molecule has 0 bridgehead atoms. The first kappa shape index (κ1) is 13.1. The number of nitrogens with zero attached hydrogens (tertiary/aromatic N) is 3. The van der Waals surface area contributed by atoms with Crippen molar-refractivity contribution >= 4 is 27.8 Å². The molecule has 3 heterocycles. The van der Waals surface area contributed by atoms with Gasteiger partial charge in [0.1, 0.15) is 5.82 Å². The number of pyridine rings is 2. The van der Waals surface area contributed by atoms with E-state index in [1.165, 1.54) is 4.90 Å². The Morgan fingerprint density at radius 3 is 2.80 bits per heavy atom. The maximum Gasteiger partial charge on any atom is 0.320 e. The Balaban J connectivity index is 2.03. The van der Waals surface area contributed by atoms with Crippen LogP contribution in [0.3, 0.4) is 0 Å². The van der Waals surface area contributed by atoms with Gasteiger partial charge >= 0.3 is 6.03 Å². The van der Waals surface area contributed by atoms with Crippen molar-refractivity contribution in [2.45, 2.75) is 12.8 Å². The summed E-state index contributed by atoms with van der Waals surface area (Å²) in [5.41, 5.74) is 8.41. The van der Waals surface area contributed by atoms with Crippen LogP contribution in [-0.4, -0.2) is 22.5 Å². The van der Waals surface area contributed by atoms with Gasteiger partial charge in [0.05, 0.1) is 0 Å². The summed E-state index contributed by atoms with van der Waals surface area (Å²) in [6, 6.07) is 3.60. The fraction of sp³-hybridized carbons (Fsp3) is 0.214. The summed E-state index contributed by atoms with van der Waals surface area (Å²) in [4.78, 5) is 21.5. The van der Waals surface area contributed by atoms with Crippen LogP contribution in [0.25, 0.3) is 11.1 Å². The fourth-order valence-electron chi connectivity index (χ4n) is 2.41. The number of hydrogen-bond acceptors (Lipinski definition) is 3. The monoisotopic (exact) mass is 332 g/mol. The predicted octanol–water partition coefficient (Wildman–Crippen LogP) is 2.74. The van der Waals surface area contributed by atoms with Crippen molar-refractivity contribution in [1.29, 1.82) is 0 Å². The molecule has 0 saturated heterocycles. The number of carbonyl (C=O) groups excluding carboxylic acids is 1. The van der Waals surface area contributed by atoms with Gasteiger partial charge < -0.3 is 5.73 Å². The third kappa shape index (κ3) is 2.38. The molecule has 1 aliphatic rings. The van der Waals surface area contributed by atoms with Crippen molar-refractivity contribution in [2.75, 3.05) is 11.4 Å². The Morgan fingerprint density at radius 1 is 1.25 bits per heavy atom. The Labute approximate surface area is 125 Å². The summed E-state index contributed by atoms with van der Waals surface area (Å²) in [6.07, 6.45) is 7.09. The summed E-state index contributed by atoms with van der Waals surface area (Å²) in [6.45, 7) is 0.632. The summed E-state index contributed by atoms with van der Waals surface area (Å²) in [7, 11) is 0. The van der Waals surface area contributed by atoms with Crippen LogP contribution in [-0.2, 0) is 6.42 Å². The van der Waals surface area contributed by atoms with E-state index in [0.29, 0.717) is 12.4 Å². The van der Waals surface area contributed by atoms with E-state index in [9.17, 15) is 4.79 Å². The zero-order chi connectivity index (χ0) is 14.1. The highest BCUT2D eigenvalue weighted by atomic mass is 79.9. The first-order valence-corrected chi connectivity index (χ1v) is 7.11. The molecule has 0 radical (unpaired) electrons. The molecule has 0 spiro atoms. The lowest BCUT2D eigenvalue weighted by atomic mass is 10.0. The molecule has 20 heavy (non-hydrogen) atoms. The van der Waals surface area contributed by atoms with Gasteiger partial charge in [0.25, 0.3) is 0 Å². The molecule has 0 unspecified atom stereocenters. The molecule has 0 atom stereocenters. The molecule has 2 aromatic rings. The first-order chi connectivity index (χ1) is 9.65. The highest BCUT2D eigenvalue weighted by Gasteiger charge is 2.22. The zero-order valence-electron chi connectivity index (χ0n) is 10.7. The van der Waals surface area contributed by atoms with E-state index in [2.05, 4.69) is 32.0 Å². The standard InChI is InChI=1S/C14H13BrN4O/c15-12-5-11(6-17-8-12)10-4-9-2-1-3-19(14(16)20)13(9)18-7-10/h4-8H,1-3H2,(H2,16,20). The van der Waals surface area contributed by atoms with E-state index in [1.807, 2.05) is 6.07 Å². The highest BCUT2D eigenvalue weighted by molar-refractivity contribution is 9.10. The summed E-state index contributed by atoms with van der Waals surface area (Å²) >= 11 is 3.41. The maximum atomic E-state index is 11.4. The zero-order valence-corrected chi connectivity index (χ0v) is 12.3. The van der Waals surface area contributed by atoms with Crippen LogP contribution in [0.1, 0.15) is 12.0 Å². The molecule has 3 rings (SSSR count). The highest BCUT2D eigenvalue weighted by Crippen LogP contribution is 2.29. The second-order valence-corrected chi connectivity index (χ2v) is 5.61. The molecule has 2 amide bonds. The van der Waals surface area contributed by atoms with Gasteiger partial charge in [0.2, 0.25) is 0 Å². The molecule has 5 nitrogen and oxygen atoms in total. The number of anilines is 1. The molecule has 102 valence electrons. The normalized spacial score (nSPS) is 13.9. The summed E-state index contributed by atoms with van der Waals surface area (Å²) < 4.78 is 0.923. The molecule has 6 heteroatoms. The number of nitrogens with two attached hydrogens (primary N) is 1. The third-order valence-electron chi connectivity index (χ3n) is 3.33. The van der Waals surface area contributed by atoms with Crippen LogP contribution in [0.2, 0.25) is 0 Å². The van der Waals surface area contributed by atoms with Gasteiger partial charge in [-0.3, -0.25) is 9.88 Å². The number of rotatable bonds is 1. The number of urea groups is 1. The number of carbonyl (C=O) groups is 1. The van der Waals surface area contributed by atoms with Crippen molar-refractivity contribution in [3.63, 3.8) is 0 Å². The van der Waals surface area contributed by atoms with E-state index in [-0.39, 0.29) is 0 Å². The SMILES string of the molecule is NC(=O)N1CCCc2cc(-c3cncc(Br)c3)cnc21. The lowest BCUT2D eigenvalue weighted by Crippen LogP contribution is -2.40. The van der Waals surface area contributed by atoms with Gasteiger partial charge in [-0.1, -0.05) is 0 Å². The largest absolute Gasteiger partial charge is 0.351 e. The van der Waals surface area contributed by atoms with Gasteiger partial charge in [0.15, 0.2) is 0 Å². The summed E-state index contributed by atoms with van der Waals surface area (Å²) in [5.74, 6) is 0.676. The van der Waals surface area contributed by atoms with Crippen molar-refractivity contribution in [3.05, 3.63) is 40.8 Å². The Bertz CT molecular complexity index is 674. The van der Waals surface area contributed by atoms with Crippen molar-refractivity contribution in [3.8, 4) is 11.1 Å². The van der Waals surface area contributed by atoms with E-state index in [1.54, 1.807) is 18.6 Å². The molecule has 2 N–H and O–H groups in total. The average molecular weight is 333 g/mol. The molecule has 2 aromatic heterocycles. The summed E-state index contributed by atoms with van der Waals surface area (Å²) in [5, 5.41) is 0. The quantitative estimate of drug-likeness (QED) is 0.872.